The molecule has 2 aromatic heterocycles. The largest absolute Gasteiger partial charge is 0.490 e. The Balaban J connectivity index is 0.000000176. The van der Waals surface area contributed by atoms with E-state index in [2.05, 4.69) is 53.5 Å². The summed E-state index contributed by atoms with van der Waals surface area (Å²) in [5.41, 5.74) is 4.60. The quantitative estimate of drug-likeness (QED) is 0.158. The van der Waals surface area contributed by atoms with Gasteiger partial charge in [0.05, 0.1) is 35.1 Å². The number of nitrogens with one attached hydrogen (secondary N) is 2. The molecule has 520 valence electrons. The summed E-state index contributed by atoms with van der Waals surface area (Å²) < 4.78 is 116. The van der Waals surface area contributed by atoms with Crippen molar-refractivity contribution >= 4 is 66.4 Å². The van der Waals surface area contributed by atoms with Gasteiger partial charge in [-0.3, -0.25) is 19.6 Å². The number of hydrogen-bond donors (Lipinski definition) is 2. The number of fused-ring (bicyclic) bond motifs is 8. The predicted octanol–water partition coefficient (Wildman–Crippen LogP) is 13.9. The third-order valence-corrected chi connectivity index (χ3v) is 27.6. The average Bonchev–Trinajstić information content (AvgIpc) is 0.828. The van der Waals surface area contributed by atoms with Gasteiger partial charge in [-0.25, -0.2) is 35.1 Å². The molecule has 6 aromatic rings. The lowest BCUT2D eigenvalue weighted by atomic mass is 9.62. The summed E-state index contributed by atoms with van der Waals surface area (Å²) in [6, 6.07) is 25.3. The summed E-state index contributed by atoms with van der Waals surface area (Å²) in [4.78, 5) is 40.3. The number of methoxy groups -OCH3 is 2. The zero-order valence-electron chi connectivity index (χ0n) is 56.2. The van der Waals surface area contributed by atoms with Crippen LogP contribution in [0, 0.1) is 47.1 Å². The molecule has 22 heteroatoms. The highest BCUT2D eigenvalue weighted by molar-refractivity contribution is 7.91. The van der Waals surface area contributed by atoms with Crippen LogP contribution in [0.2, 0.25) is 10.0 Å². The van der Waals surface area contributed by atoms with Gasteiger partial charge in [0.25, 0.3) is 11.8 Å². The number of aryl methyl sites for hydroxylation is 2. The van der Waals surface area contributed by atoms with Crippen molar-refractivity contribution in [1.82, 2.24) is 19.4 Å². The lowest BCUT2D eigenvalue weighted by molar-refractivity contribution is -0.0826. The molecule has 6 heterocycles. The first-order chi connectivity index (χ1) is 46.9. The van der Waals surface area contributed by atoms with Crippen LogP contribution in [0.4, 0.5) is 20.2 Å². The number of pyridine rings is 2. The number of carbonyl (C=O) groups is 2. The molecule has 16 nitrogen and oxygen atoms in total. The van der Waals surface area contributed by atoms with Crippen LogP contribution in [0.5, 0.6) is 11.5 Å². The standard InChI is InChI=1S/2C38H43ClFN3O5S/c2*1-24-6-4-16-38(47-3,32-20-41-17-14-33(32)40)31-11-8-28(31)21-43-22-37(15-5-7-26-18-29(39)10-12-30(26)37)23-48-35-13-9-27(19-34(35)43)36(44)42-49(45,46)25(24)2/h2*4,9-10,12-14,16-20,24-25,28,31H,5-8,11,15,21-23H2,1-3H3,(H,42,44)/b2*16-4+/t24-,25+,28-,31+,37-,38+;24-,25+,28-,31+,37-,38-/m00/s1. The summed E-state index contributed by atoms with van der Waals surface area (Å²) in [5.74, 6) is -1.56. The predicted molar refractivity (Wildman–Crippen MR) is 376 cm³/mol. The number of allylic oxidation sites excluding steroid dienone is 2. The molecule has 0 radical (unpaired) electrons. The summed E-state index contributed by atoms with van der Waals surface area (Å²) >= 11 is 12.9. The Bertz CT molecular complexity index is 4080. The van der Waals surface area contributed by atoms with Gasteiger partial charge < -0.3 is 28.7 Å². The van der Waals surface area contributed by atoms with Crippen LogP contribution in [0.3, 0.4) is 0 Å². The molecule has 2 spiro atoms. The number of anilines is 2. The van der Waals surface area contributed by atoms with Crippen molar-refractivity contribution in [3.05, 3.63) is 200 Å². The number of carbonyl (C=O) groups excluding carboxylic acids is 2. The molecule has 0 saturated heterocycles. The monoisotopic (exact) mass is 1410 g/mol. The molecule has 8 aliphatic rings. The van der Waals surface area contributed by atoms with Crippen LogP contribution in [-0.2, 0) is 64.4 Å². The fraction of sp³-hybridized carbons (Fsp3) is 0.474. The topological polar surface area (TPSA) is 196 Å². The van der Waals surface area contributed by atoms with Crippen LogP contribution in [0.15, 0.2) is 134 Å². The molecule has 2 N–H and O–H groups in total. The maximum Gasteiger partial charge on any atom is 0.264 e. The Morgan fingerprint density at radius 2 is 0.980 bits per heavy atom. The first kappa shape index (κ1) is 69.5. The van der Waals surface area contributed by atoms with Crippen LogP contribution in [0.1, 0.15) is 146 Å². The van der Waals surface area contributed by atoms with Gasteiger partial charge >= 0.3 is 0 Å². The molecule has 14 rings (SSSR count). The van der Waals surface area contributed by atoms with Gasteiger partial charge in [0.1, 0.15) is 34.3 Å². The maximum atomic E-state index is 15.7. The van der Waals surface area contributed by atoms with E-state index in [1.54, 1.807) is 76.9 Å². The third-order valence-electron chi connectivity index (χ3n) is 23.3. The van der Waals surface area contributed by atoms with Crippen molar-refractivity contribution in [2.45, 2.75) is 137 Å². The number of benzene rings is 4. The van der Waals surface area contributed by atoms with Gasteiger partial charge in [-0.2, -0.15) is 0 Å². The summed E-state index contributed by atoms with van der Waals surface area (Å²) in [5, 5.41) is -0.343. The van der Waals surface area contributed by atoms with Crippen molar-refractivity contribution < 1.29 is 54.2 Å². The molecule has 2 fully saturated rings. The highest BCUT2D eigenvalue weighted by Crippen LogP contribution is 2.55. The Morgan fingerprint density at radius 3 is 1.36 bits per heavy atom. The first-order valence-corrected chi connectivity index (χ1v) is 38.2. The minimum atomic E-state index is -4.03. The van der Waals surface area contributed by atoms with E-state index >= 15 is 8.78 Å². The normalized spacial score (nSPS) is 31.7. The molecular weight excluding hydrogens is 1330 g/mol. The molecule has 4 aliphatic heterocycles. The Morgan fingerprint density at radius 1 is 0.561 bits per heavy atom. The van der Waals surface area contributed by atoms with Crippen molar-refractivity contribution in [2.75, 3.05) is 63.4 Å². The van der Waals surface area contributed by atoms with Crippen LogP contribution >= 0.6 is 23.2 Å². The number of amides is 2. The smallest absolute Gasteiger partial charge is 0.264 e. The van der Waals surface area contributed by atoms with Crippen LogP contribution < -0.4 is 28.7 Å². The Labute approximate surface area is 584 Å². The zero-order valence-corrected chi connectivity index (χ0v) is 59.4. The van der Waals surface area contributed by atoms with E-state index in [4.69, 9.17) is 42.1 Å². The van der Waals surface area contributed by atoms with Crippen molar-refractivity contribution in [2.24, 2.45) is 35.5 Å². The molecule has 2 amide bonds. The SMILES string of the molecule is CO[C@@]1(c2cnccc2F)/C=C/C[C@H](C)[C@@H](C)S(=O)(=O)NC(=O)c2ccc3c(c2)N(C[C@@H]2CC[C@H]21)C[C@@]1(CCCc2cc(Cl)ccc21)CO3.CO[C@]1(c2cnccc2F)/C=C/C[C@H](C)[C@@H](C)S(=O)(=O)NC(=O)c2ccc3c(c2)N(C[C@@H]2CC[C@H]21)C[C@@]1(CCCc2cc(Cl)ccc21)CO3. The van der Waals surface area contributed by atoms with Crippen molar-refractivity contribution in [3.63, 3.8) is 0 Å². The number of ether oxygens (including phenoxy) is 4. The molecule has 0 unspecified atom stereocenters. The lowest BCUT2D eigenvalue weighted by Crippen LogP contribution is -2.52. The van der Waals surface area contributed by atoms with E-state index in [-0.39, 0.29) is 57.5 Å². The lowest BCUT2D eigenvalue weighted by Gasteiger charge is -2.50. The molecule has 12 atom stereocenters. The van der Waals surface area contributed by atoms with E-state index in [0.29, 0.717) is 84.9 Å². The average molecular weight is 1420 g/mol. The first-order valence-electron chi connectivity index (χ1n) is 34.3. The summed E-state index contributed by atoms with van der Waals surface area (Å²) in [6.45, 7) is 10.2. The maximum absolute atomic E-state index is 15.7. The minimum Gasteiger partial charge on any atom is -0.490 e. The van der Waals surface area contributed by atoms with Gasteiger partial charge in [0.15, 0.2) is 0 Å². The fourth-order valence-corrected chi connectivity index (χ4v) is 20.0. The number of nitrogens with zero attached hydrogens (tertiary/aromatic N) is 4. The summed E-state index contributed by atoms with van der Waals surface area (Å²) in [7, 11) is -4.84. The highest BCUT2D eigenvalue weighted by atomic mass is 35.5. The number of hydrogen-bond acceptors (Lipinski definition) is 14. The highest BCUT2D eigenvalue weighted by Gasteiger charge is 2.53. The second-order valence-corrected chi connectivity index (χ2v) is 33.7. The number of rotatable bonds is 4. The van der Waals surface area contributed by atoms with E-state index in [1.807, 2.05) is 50.3 Å². The van der Waals surface area contributed by atoms with Crippen molar-refractivity contribution in [1.29, 1.82) is 0 Å². The van der Waals surface area contributed by atoms with E-state index in [1.165, 1.54) is 46.8 Å². The second-order valence-electron chi connectivity index (χ2n) is 28.8. The van der Waals surface area contributed by atoms with Gasteiger partial charge in [-0.1, -0.05) is 73.5 Å². The van der Waals surface area contributed by atoms with E-state index in [0.717, 1.165) is 75.6 Å². The Kier molecular flexibility index (Phi) is 19.5. The Hall–Kier alpha value is -6.94. The molecule has 2 saturated carbocycles. The van der Waals surface area contributed by atoms with Gasteiger partial charge in [-0.15, -0.1) is 0 Å². The van der Waals surface area contributed by atoms with Crippen LogP contribution in [0.25, 0.3) is 0 Å². The van der Waals surface area contributed by atoms with Gasteiger partial charge in [-0.05, 0) is 210 Å². The van der Waals surface area contributed by atoms with Gasteiger partial charge in [0.2, 0.25) is 20.0 Å². The van der Waals surface area contributed by atoms with Gasteiger partial charge in [0, 0.05) is 120 Å². The van der Waals surface area contributed by atoms with E-state index < -0.39 is 65.2 Å². The molecule has 4 bridgehead atoms. The van der Waals surface area contributed by atoms with Crippen molar-refractivity contribution in [3.8, 4) is 11.5 Å². The van der Waals surface area contributed by atoms with E-state index in [9.17, 15) is 26.4 Å². The molecule has 4 aromatic carbocycles. The number of halogens is 4. The second kappa shape index (κ2) is 27.5. The fourth-order valence-electron chi connectivity index (χ4n) is 17.1. The minimum absolute atomic E-state index is 0.0932. The number of aromatic nitrogens is 2. The zero-order chi connectivity index (χ0) is 69.1. The number of sulfonamides is 2. The summed E-state index contributed by atoms with van der Waals surface area (Å²) in [6.07, 6.45) is 23.4. The van der Waals surface area contributed by atoms with Crippen LogP contribution in [-0.4, -0.2) is 103 Å². The molecule has 98 heavy (non-hydrogen) atoms. The third kappa shape index (κ3) is 12.9. The molecular formula is C76H86Cl2F2N6O10S2. The molecule has 4 aliphatic carbocycles.